The summed E-state index contributed by atoms with van der Waals surface area (Å²) in [6.45, 7) is 0. The number of hydrogen-bond acceptors (Lipinski definition) is 4. The summed E-state index contributed by atoms with van der Waals surface area (Å²) >= 11 is 1.64. The van der Waals surface area contributed by atoms with Gasteiger partial charge in [0.05, 0.1) is 21.4 Å². The fraction of sp³-hybridized carbons (Fsp3) is 0. The van der Waals surface area contributed by atoms with Gasteiger partial charge in [-0.3, -0.25) is 10.1 Å². The summed E-state index contributed by atoms with van der Waals surface area (Å²) in [4.78, 5) is 8.67. The molecule has 0 saturated heterocycles. The van der Waals surface area contributed by atoms with E-state index in [1.165, 1.54) is 4.70 Å². The van der Waals surface area contributed by atoms with Crippen molar-refractivity contribution in [1.29, 1.82) is 0 Å². The van der Waals surface area contributed by atoms with Crippen molar-refractivity contribution in [3.05, 3.63) is 54.3 Å². The second-order valence-corrected chi connectivity index (χ2v) is 5.28. The van der Waals surface area contributed by atoms with Crippen LogP contribution in [0.2, 0.25) is 0 Å². The van der Waals surface area contributed by atoms with E-state index in [9.17, 15) is 0 Å². The second-order valence-electron chi connectivity index (χ2n) is 4.40. The third kappa shape index (κ3) is 1.80. The number of nitrogens with one attached hydrogen (secondary N) is 1. The van der Waals surface area contributed by atoms with Crippen LogP contribution in [0.5, 0.6) is 0 Å². The number of fused-ring (bicyclic) bond motifs is 1. The Bertz CT molecular complexity index is 864. The molecular formula is C15H10N4S. The number of aromatic amines is 1. The second kappa shape index (κ2) is 4.54. The molecule has 0 fully saturated rings. The maximum Gasteiger partial charge on any atom is 0.118 e. The molecule has 1 N–H and O–H groups in total. The third-order valence-corrected chi connectivity index (χ3v) is 3.98. The van der Waals surface area contributed by atoms with Crippen LogP contribution in [0.25, 0.3) is 32.7 Å². The molecule has 4 rings (SSSR count). The largest absolute Gasteiger partial charge is 0.284 e. The molecule has 0 atom stereocenters. The SMILES string of the molecule is c1ccc(-c2n[nH]cc2-c2ccc3ncsc3c2)nc1. The Labute approximate surface area is 119 Å². The molecule has 0 aliphatic carbocycles. The molecular weight excluding hydrogens is 268 g/mol. The van der Waals surface area contributed by atoms with Crippen molar-refractivity contribution in [2.45, 2.75) is 0 Å². The van der Waals surface area contributed by atoms with E-state index in [1.807, 2.05) is 36.0 Å². The quantitative estimate of drug-likeness (QED) is 0.607. The van der Waals surface area contributed by atoms with Crippen molar-refractivity contribution >= 4 is 21.6 Å². The van der Waals surface area contributed by atoms with Crippen molar-refractivity contribution in [2.75, 3.05) is 0 Å². The van der Waals surface area contributed by atoms with Gasteiger partial charge in [-0.1, -0.05) is 12.1 Å². The number of rotatable bonds is 2. The summed E-state index contributed by atoms with van der Waals surface area (Å²) in [5.74, 6) is 0. The molecule has 20 heavy (non-hydrogen) atoms. The number of H-pyrrole nitrogens is 1. The molecule has 96 valence electrons. The first kappa shape index (κ1) is 11.3. The molecule has 3 aromatic heterocycles. The predicted octanol–water partition coefficient (Wildman–Crippen LogP) is 3.75. The van der Waals surface area contributed by atoms with Crippen molar-refractivity contribution in [3.63, 3.8) is 0 Å². The molecule has 0 amide bonds. The Morgan fingerprint density at radius 2 is 2.05 bits per heavy atom. The van der Waals surface area contributed by atoms with E-state index in [0.717, 1.165) is 28.0 Å². The summed E-state index contributed by atoms with van der Waals surface area (Å²) in [6, 6.07) is 12.1. The van der Waals surface area contributed by atoms with E-state index >= 15 is 0 Å². The van der Waals surface area contributed by atoms with Gasteiger partial charge in [-0.15, -0.1) is 11.3 Å². The molecule has 0 unspecified atom stereocenters. The minimum atomic E-state index is 0.869. The van der Waals surface area contributed by atoms with Crippen LogP contribution < -0.4 is 0 Å². The normalized spacial score (nSPS) is 11.0. The number of thiazole rings is 1. The fourth-order valence-corrected chi connectivity index (χ4v) is 2.95. The van der Waals surface area contributed by atoms with Gasteiger partial charge in [-0.2, -0.15) is 5.10 Å². The van der Waals surface area contributed by atoms with Gasteiger partial charge in [0.2, 0.25) is 0 Å². The maximum atomic E-state index is 4.37. The lowest BCUT2D eigenvalue weighted by Gasteiger charge is -2.02. The number of nitrogens with zero attached hydrogens (tertiary/aromatic N) is 3. The van der Waals surface area contributed by atoms with Gasteiger partial charge >= 0.3 is 0 Å². The Balaban J connectivity index is 1.88. The van der Waals surface area contributed by atoms with Crippen LogP contribution in [0.15, 0.2) is 54.3 Å². The highest BCUT2D eigenvalue weighted by Gasteiger charge is 2.12. The zero-order chi connectivity index (χ0) is 13.4. The molecule has 5 heteroatoms. The Morgan fingerprint density at radius 3 is 2.95 bits per heavy atom. The molecule has 4 nitrogen and oxygen atoms in total. The Hall–Kier alpha value is -2.53. The molecule has 0 aliphatic heterocycles. The lowest BCUT2D eigenvalue weighted by atomic mass is 10.0. The van der Waals surface area contributed by atoms with Crippen LogP contribution in [0.4, 0.5) is 0 Å². The summed E-state index contributed by atoms with van der Waals surface area (Å²) in [5, 5.41) is 7.27. The van der Waals surface area contributed by atoms with Crippen LogP contribution in [0, 0.1) is 0 Å². The van der Waals surface area contributed by atoms with E-state index in [0.29, 0.717) is 0 Å². The summed E-state index contributed by atoms with van der Waals surface area (Å²) in [5.41, 5.74) is 6.81. The van der Waals surface area contributed by atoms with Crippen LogP contribution >= 0.6 is 11.3 Å². The third-order valence-electron chi connectivity index (χ3n) is 3.19. The highest BCUT2D eigenvalue weighted by atomic mass is 32.1. The number of benzene rings is 1. The Morgan fingerprint density at radius 1 is 1.05 bits per heavy atom. The van der Waals surface area contributed by atoms with Crippen molar-refractivity contribution in [3.8, 4) is 22.5 Å². The van der Waals surface area contributed by atoms with Crippen LogP contribution in [-0.4, -0.2) is 20.2 Å². The van der Waals surface area contributed by atoms with Crippen molar-refractivity contribution in [1.82, 2.24) is 20.2 Å². The van der Waals surface area contributed by atoms with E-state index in [4.69, 9.17) is 0 Å². The van der Waals surface area contributed by atoms with Gasteiger partial charge < -0.3 is 0 Å². The van der Waals surface area contributed by atoms with Crippen molar-refractivity contribution < 1.29 is 0 Å². The summed E-state index contributed by atoms with van der Waals surface area (Å²) in [7, 11) is 0. The average Bonchev–Trinajstić information content (AvgIpc) is 3.16. The summed E-state index contributed by atoms with van der Waals surface area (Å²) in [6.07, 6.45) is 3.69. The molecule has 0 spiro atoms. The number of hydrogen-bond donors (Lipinski definition) is 1. The molecule has 1 aromatic carbocycles. The lowest BCUT2D eigenvalue weighted by Crippen LogP contribution is -1.85. The first-order chi connectivity index (χ1) is 9.92. The monoisotopic (exact) mass is 278 g/mol. The van der Waals surface area contributed by atoms with E-state index in [2.05, 4.69) is 32.3 Å². The topological polar surface area (TPSA) is 54.5 Å². The zero-order valence-corrected chi connectivity index (χ0v) is 11.3. The van der Waals surface area contributed by atoms with Gasteiger partial charge in [0.1, 0.15) is 5.69 Å². The standard InChI is InChI=1S/C15H10N4S/c1-2-6-16-13(3-1)15-11(8-18-19-15)10-4-5-12-14(7-10)20-9-17-12/h1-9H,(H,18,19). The lowest BCUT2D eigenvalue weighted by molar-refractivity contribution is 1.09. The van der Waals surface area contributed by atoms with Crippen LogP contribution in [0.3, 0.4) is 0 Å². The Kier molecular flexibility index (Phi) is 2.57. The van der Waals surface area contributed by atoms with E-state index in [1.54, 1.807) is 17.5 Å². The van der Waals surface area contributed by atoms with Gasteiger partial charge in [0.25, 0.3) is 0 Å². The number of aromatic nitrogens is 4. The summed E-state index contributed by atoms with van der Waals surface area (Å²) < 4.78 is 1.18. The van der Waals surface area contributed by atoms with Gasteiger partial charge in [-0.25, -0.2) is 4.98 Å². The first-order valence-electron chi connectivity index (χ1n) is 6.20. The van der Waals surface area contributed by atoms with Crippen LogP contribution in [-0.2, 0) is 0 Å². The molecule has 0 saturated carbocycles. The molecule has 0 bridgehead atoms. The van der Waals surface area contributed by atoms with Crippen molar-refractivity contribution in [2.24, 2.45) is 0 Å². The molecule has 0 radical (unpaired) electrons. The minimum Gasteiger partial charge on any atom is -0.284 e. The van der Waals surface area contributed by atoms with E-state index in [-0.39, 0.29) is 0 Å². The van der Waals surface area contributed by atoms with Gasteiger partial charge in [0.15, 0.2) is 0 Å². The van der Waals surface area contributed by atoms with Crippen LogP contribution in [0.1, 0.15) is 0 Å². The maximum absolute atomic E-state index is 4.37. The van der Waals surface area contributed by atoms with Gasteiger partial charge in [-0.05, 0) is 29.8 Å². The molecule has 3 heterocycles. The minimum absolute atomic E-state index is 0.869. The van der Waals surface area contributed by atoms with Gasteiger partial charge in [0, 0.05) is 18.0 Å². The smallest absolute Gasteiger partial charge is 0.118 e. The van der Waals surface area contributed by atoms with E-state index < -0.39 is 0 Å². The number of pyridine rings is 1. The molecule has 0 aliphatic rings. The predicted molar refractivity (Wildman–Crippen MR) is 80.4 cm³/mol. The highest BCUT2D eigenvalue weighted by molar-refractivity contribution is 7.16. The average molecular weight is 278 g/mol. The zero-order valence-electron chi connectivity index (χ0n) is 10.4. The fourth-order valence-electron chi connectivity index (χ4n) is 2.23. The molecule has 4 aromatic rings. The highest BCUT2D eigenvalue weighted by Crippen LogP contribution is 2.31. The first-order valence-corrected chi connectivity index (χ1v) is 7.08.